The molecule has 0 radical (unpaired) electrons. The summed E-state index contributed by atoms with van der Waals surface area (Å²) in [6.45, 7) is 1.74. The van der Waals surface area contributed by atoms with Gasteiger partial charge in [-0.05, 0) is 19.1 Å². The van der Waals surface area contributed by atoms with Crippen LogP contribution in [0.3, 0.4) is 0 Å². The lowest BCUT2D eigenvalue weighted by molar-refractivity contribution is -0.138. The number of carbonyl (C=O) groups is 2. The second-order valence-electron chi connectivity index (χ2n) is 3.69. The van der Waals surface area contributed by atoms with E-state index < -0.39 is 18.0 Å². The highest BCUT2D eigenvalue weighted by atomic mass is 16.4. The molecule has 1 heterocycles. The molecule has 0 aliphatic carbocycles. The van der Waals surface area contributed by atoms with E-state index >= 15 is 0 Å². The van der Waals surface area contributed by atoms with Crippen molar-refractivity contribution in [1.82, 2.24) is 15.2 Å². The summed E-state index contributed by atoms with van der Waals surface area (Å²) in [4.78, 5) is 27.6. The molecule has 1 rings (SSSR count). The summed E-state index contributed by atoms with van der Waals surface area (Å²) in [5, 5.41) is 11.0. The lowest BCUT2D eigenvalue weighted by Crippen LogP contribution is -2.44. The maximum absolute atomic E-state index is 11.6. The maximum Gasteiger partial charge on any atom is 0.325 e. The van der Waals surface area contributed by atoms with Crippen LogP contribution < -0.4 is 5.32 Å². The predicted molar refractivity (Wildman–Crippen MR) is 61.3 cm³/mol. The number of carbonyl (C=O) groups excluding carboxylic acids is 1. The second kappa shape index (κ2) is 5.83. The van der Waals surface area contributed by atoms with E-state index in [9.17, 15) is 9.59 Å². The average molecular weight is 237 g/mol. The van der Waals surface area contributed by atoms with Gasteiger partial charge in [-0.1, -0.05) is 6.07 Å². The van der Waals surface area contributed by atoms with Crippen LogP contribution in [0.5, 0.6) is 0 Å². The van der Waals surface area contributed by atoms with Crippen LogP contribution in [-0.2, 0) is 11.3 Å². The average Bonchev–Trinajstić information content (AvgIpc) is 2.29. The van der Waals surface area contributed by atoms with E-state index in [1.54, 1.807) is 25.4 Å². The zero-order valence-corrected chi connectivity index (χ0v) is 9.75. The quantitative estimate of drug-likeness (QED) is 0.807. The zero-order valence-electron chi connectivity index (χ0n) is 9.75. The summed E-state index contributed by atoms with van der Waals surface area (Å²) in [7, 11) is 1.58. The number of aromatic nitrogens is 1. The van der Waals surface area contributed by atoms with Gasteiger partial charge in [0.05, 0.1) is 12.2 Å². The van der Waals surface area contributed by atoms with Crippen LogP contribution >= 0.6 is 0 Å². The fourth-order valence-electron chi connectivity index (χ4n) is 1.16. The van der Waals surface area contributed by atoms with Gasteiger partial charge in [-0.15, -0.1) is 0 Å². The third-order valence-corrected chi connectivity index (χ3v) is 2.18. The minimum absolute atomic E-state index is 0.332. The molecule has 1 aromatic heterocycles. The molecule has 2 amide bonds. The van der Waals surface area contributed by atoms with Crippen molar-refractivity contribution in [3.05, 3.63) is 30.1 Å². The number of nitrogens with zero attached hydrogens (tertiary/aromatic N) is 2. The van der Waals surface area contributed by atoms with E-state index in [-0.39, 0.29) is 0 Å². The lowest BCUT2D eigenvalue weighted by Gasteiger charge is -2.19. The van der Waals surface area contributed by atoms with E-state index in [1.807, 2.05) is 6.07 Å². The number of hydrogen-bond acceptors (Lipinski definition) is 3. The van der Waals surface area contributed by atoms with E-state index in [0.717, 1.165) is 5.69 Å². The van der Waals surface area contributed by atoms with Gasteiger partial charge in [-0.3, -0.25) is 9.78 Å². The van der Waals surface area contributed by atoms with Crippen molar-refractivity contribution >= 4 is 12.0 Å². The molecule has 0 unspecified atom stereocenters. The Morgan fingerprint density at radius 3 is 2.76 bits per heavy atom. The Balaban J connectivity index is 2.50. The first-order valence-corrected chi connectivity index (χ1v) is 5.15. The van der Waals surface area contributed by atoms with Gasteiger partial charge in [-0.25, -0.2) is 4.79 Å². The Bertz CT molecular complexity index is 394. The Kier molecular flexibility index (Phi) is 4.45. The Labute approximate surface area is 99.3 Å². The van der Waals surface area contributed by atoms with Crippen LogP contribution in [0.4, 0.5) is 4.79 Å². The minimum Gasteiger partial charge on any atom is -0.480 e. The monoisotopic (exact) mass is 237 g/mol. The maximum atomic E-state index is 11.6. The summed E-state index contributed by atoms with van der Waals surface area (Å²) in [6, 6.07) is 4.06. The summed E-state index contributed by atoms with van der Waals surface area (Å²) in [6.07, 6.45) is 1.64. The van der Waals surface area contributed by atoms with Crippen molar-refractivity contribution < 1.29 is 14.7 Å². The van der Waals surface area contributed by atoms with Crippen molar-refractivity contribution in [3.8, 4) is 0 Å². The molecule has 6 heteroatoms. The number of carboxylic acids is 1. The van der Waals surface area contributed by atoms with Gasteiger partial charge in [0.15, 0.2) is 0 Å². The number of carboxylic acid groups (broad SMARTS) is 1. The van der Waals surface area contributed by atoms with E-state index in [2.05, 4.69) is 10.3 Å². The fourth-order valence-corrected chi connectivity index (χ4v) is 1.16. The van der Waals surface area contributed by atoms with Crippen molar-refractivity contribution in [2.24, 2.45) is 0 Å². The molecule has 0 fully saturated rings. The number of hydrogen-bond donors (Lipinski definition) is 2. The molecule has 0 aliphatic heterocycles. The van der Waals surface area contributed by atoms with Gasteiger partial charge < -0.3 is 15.3 Å². The van der Waals surface area contributed by atoms with Crippen molar-refractivity contribution in [3.63, 3.8) is 0 Å². The number of nitrogens with one attached hydrogen (secondary N) is 1. The molecule has 0 saturated carbocycles. The van der Waals surface area contributed by atoms with E-state index in [0.29, 0.717) is 6.54 Å². The highest BCUT2D eigenvalue weighted by Crippen LogP contribution is 1.99. The molecule has 1 atom stereocenters. The highest BCUT2D eigenvalue weighted by molar-refractivity contribution is 5.82. The molecule has 0 bridgehead atoms. The van der Waals surface area contributed by atoms with Gasteiger partial charge in [0.2, 0.25) is 0 Å². The molecule has 0 aliphatic rings. The molecule has 1 aromatic rings. The summed E-state index contributed by atoms with van der Waals surface area (Å²) in [5.41, 5.74) is 0.744. The first-order valence-electron chi connectivity index (χ1n) is 5.15. The van der Waals surface area contributed by atoms with E-state index in [1.165, 1.54) is 11.8 Å². The number of urea groups is 1. The van der Waals surface area contributed by atoms with Crippen LogP contribution in [0.25, 0.3) is 0 Å². The Morgan fingerprint density at radius 2 is 2.24 bits per heavy atom. The predicted octanol–water partition coefficient (Wildman–Crippen LogP) is 0.696. The standard InChI is InChI=1S/C11H15N3O3/c1-8(10(15)16)13-11(17)14(2)7-9-5-3-4-6-12-9/h3-6,8H,7H2,1-2H3,(H,13,17)(H,15,16)/t8-/m0/s1. The second-order valence-corrected chi connectivity index (χ2v) is 3.69. The van der Waals surface area contributed by atoms with Crippen LogP contribution in [-0.4, -0.2) is 40.1 Å². The van der Waals surface area contributed by atoms with Crippen molar-refractivity contribution in [2.75, 3.05) is 7.05 Å². The van der Waals surface area contributed by atoms with Crippen LogP contribution in [0.2, 0.25) is 0 Å². The van der Waals surface area contributed by atoms with Crippen molar-refractivity contribution in [1.29, 1.82) is 0 Å². The fraction of sp³-hybridized carbons (Fsp3) is 0.364. The van der Waals surface area contributed by atoms with Gasteiger partial charge in [0, 0.05) is 13.2 Å². The van der Waals surface area contributed by atoms with Crippen LogP contribution in [0.15, 0.2) is 24.4 Å². The molecule has 92 valence electrons. The Morgan fingerprint density at radius 1 is 1.53 bits per heavy atom. The number of amides is 2. The summed E-state index contributed by atoms with van der Waals surface area (Å²) in [5.74, 6) is -1.07. The molecule has 0 aromatic carbocycles. The third-order valence-electron chi connectivity index (χ3n) is 2.18. The smallest absolute Gasteiger partial charge is 0.325 e. The van der Waals surface area contributed by atoms with Gasteiger partial charge in [0.1, 0.15) is 6.04 Å². The largest absolute Gasteiger partial charge is 0.480 e. The first kappa shape index (κ1) is 13.0. The van der Waals surface area contributed by atoms with Crippen molar-refractivity contribution in [2.45, 2.75) is 19.5 Å². The molecule has 2 N–H and O–H groups in total. The molecule has 17 heavy (non-hydrogen) atoms. The summed E-state index contributed by atoms with van der Waals surface area (Å²) < 4.78 is 0. The summed E-state index contributed by atoms with van der Waals surface area (Å²) >= 11 is 0. The normalized spacial score (nSPS) is 11.6. The molecule has 6 nitrogen and oxygen atoms in total. The first-order chi connectivity index (χ1) is 8.00. The highest BCUT2D eigenvalue weighted by Gasteiger charge is 2.16. The number of pyridine rings is 1. The van der Waals surface area contributed by atoms with Gasteiger partial charge in [-0.2, -0.15) is 0 Å². The molecule has 0 saturated heterocycles. The van der Waals surface area contributed by atoms with Crippen LogP contribution in [0.1, 0.15) is 12.6 Å². The van der Waals surface area contributed by atoms with Crippen LogP contribution in [0, 0.1) is 0 Å². The van der Waals surface area contributed by atoms with Gasteiger partial charge in [0.25, 0.3) is 0 Å². The topological polar surface area (TPSA) is 82.5 Å². The molecular formula is C11H15N3O3. The SMILES string of the molecule is C[C@H](NC(=O)N(C)Cc1ccccn1)C(=O)O. The zero-order chi connectivity index (χ0) is 12.8. The Hall–Kier alpha value is -2.11. The molecular weight excluding hydrogens is 222 g/mol. The van der Waals surface area contributed by atoms with E-state index in [4.69, 9.17) is 5.11 Å². The minimum atomic E-state index is -1.07. The third kappa shape index (κ3) is 4.10. The lowest BCUT2D eigenvalue weighted by atomic mass is 10.3. The number of aliphatic carboxylic acids is 1. The van der Waals surface area contributed by atoms with Gasteiger partial charge >= 0.3 is 12.0 Å². The molecule has 0 spiro atoms. The number of rotatable bonds is 4.